The third-order valence-electron chi connectivity index (χ3n) is 0.418. The average Bonchev–Trinajstić information content (AvgIpc) is 1.66. The van der Waals surface area contributed by atoms with Gasteiger partial charge in [-0.2, -0.15) is 0 Å². The summed E-state index contributed by atoms with van der Waals surface area (Å²) in [6.45, 7) is 3.94. The number of ether oxygens (including phenoxy) is 1. The summed E-state index contributed by atoms with van der Waals surface area (Å²) < 4.78 is 4.56. The van der Waals surface area contributed by atoms with Crippen molar-refractivity contribution in [2.24, 2.45) is 5.16 Å². The molecule has 0 saturated carbocycles. The van der Waals surface area contributed by atoms with Crippen molar-refractivity contribution in [2.45, 2.75) is 13.8 Å². The van der Waals surface area contributed by atoms with E-state index in [1.807, 2.05) is 13.8 Å². The molecular weight excluding hydrogens is 106 g/mol. The fourth-order valence-corrected chi connectivity index (χ4v) is 0.208. The molecule has 0 aliphatic carbocycles. The van der Waals surface area contributed by atoms with Gasteiger partial charge in [0.25, 0.3) is 0 Å². The zero-order chi connectivity index (χ0) is 6.41. The normalized spacial score (nSPS) is 8.38. The van der Waals surface area contributed by atoms with Crippen LogP contribution >= 0.6 is 0 Å². The first-order valence-electron chi connectivity index (χ1n) is 2.39. The monoisotopic (exact) mass is 117 g/mol. The van der Waals surface area contributed by atoms with Crippen LogP contribution in [0.3, 0.4) is 0 Å². The predicted molar refractivity (Wildman–Crippen MR) is 31.7 cm³/mol. The van der Waals surface area contributed by atoms with Crippen molar-refractivity contribution in [3.05, 3.63) is 0 Å². The van der Waals surface area contributed by atoms with Crippen LogP contribution in [0.15, 0.2) is 5.16 Å². The molecule has 0 saturated heterocycles. The van der Waals surface area contributed by atoms with Gasteiger partial charge in [0.1, 0.15) is 0 Å². The van der Waals surface area contributed by atoms with Crippen LogP contribution in [-0.2, 0) is 9.57 Å². The highest BCUT2D eigenvalue weighted by Crippen LogP contribution is 1.78. The summed E-state index contributed by atoms with van der Waals surface area (Å²) in [6.07, 6.45) is 0. The Kier molecular flexibility index (Phi) is 4.26. The van der Waals surface area contributed by atoms with Crippen molar-refractivity contribution in [2.75, 3.05) is 13.9 Å². The second-order valence-corrected chi connectivity index (χ2v) is 1.57. The lowest BCUT2D eigenvalue weighted by Crippen LogP contribution is -1.91. The summed E-state index contributed by atoms with van der Waals surface area (Å²) in [4.78, 5) is 4.61. The van der Waals surface area contributed by atoms with Crippen LogP contribution in [-0.4, -0.2) is 19.6 Å². The van der Waals surface area contributed by atoms with Gasteiger partial charge in [0.05, 0.1) is 5.71 Å². The summed E-state index contributed by atoms with van der Waals surface area (Å²) in [5, 5.41) is 3.61. The second-order valence-electron chi connectivity index (χ2n) is 1.57. The molecule has 0 amide bonds. The maximum atomic E-state index is 4.61. The second kappa shape index (κ2) is 4.59. The number of rotatable bonds is 3. The summed E-state index contributed by atoms with van der Waals surface area (Å²) in [7, 11) is 1.56. The first-order valence-corrected chi connectivity index (χ1v) is 2.39. The largest absolute Gasteiger partial charge is 0.367 e. The molecule has 0 bridgehead atoms. The van der Waals surface area contributed by atoms with Crippen LogP contribution in [0, 0.1) is 0 Å². The van der Waals surface area contributed by atoms with Crippen molar-refractivity contribution in [1.29, 1.82) is 0 Å². The van der Waals surface area contributed by atoms with Crippen LogP contribution in [0.5, 0.6) is 0 Å². The Labute approximate surface area is 49.3 Å². The molecule has 0 aliphatic heterocycles. The lowest BCUT2D eigenvalue weighted by Gasteiger charge is -1.94. The van der Waals surface area contributed by atoms with Crippen molar-refractivity contribution in [3.63, 3.8) is 0 Å². The standard InChI is InChI=1S/C5H11NO2/c1-5(2)6-8-4-7-3/h4H2,1-3H3. The van der Waals surface area contributed by atoms with E-state index in [0.717, 1.165) is 5.71 Å². The molecule has 0 rings (SSSR count). The Hall–Kier alpha value is -0.570. The van der Waals surface area contributed by atoms with Crippen molar-refractivity contribution < 1.29 is 9.57 Å². The molecule has 0 unspecified atom stereocenters. The number of nitrogens with zero attached hydrogens (tertiary/aromatic N) is 1. The number of hydrogen-bond donors (Lipinski definition) is 0. The SMILES string of the molecule is COCON=C(C)C. The molecule has 0 aromatic rings. The van der Waals surface area contributed by atoms with Gasteiger partial charge in [0.2, 0.25) is 6.79 Å². The minimum atomic E-state index is 0.227. The van der Waals surface area contributed by atoms with Crippen molar-refractivity contribution >= 4 is 5.71 Å². The van der Waals surface area contributed by atoms with Gasteiger partial charge < -0.3 is 9.57 Å². The van der Waals surface area contributed by atoms with E-state index < -0.39 is 0 Å². The van der Waals surface area contributed by atoms with E-state index in [1.54, 1.807) is 7.11 Å². The Morgan fingerprint density at radius 3 is 2.50 bits per heavy atom. The molecule has 0 radical (unpaired) electrons. The molecule has 0 aromatic carbocycles. The fraction of sp³-hybridized carbons (Fsp3) is 0.800. The van der Waals surface area contributed by atoms with Gasteiger partial charge in [0.15, 0.2) is 0 Å². The first-order chi connectivity index (χ1) is 3.77. The first kappa shape index (κ1) is 7.43. The number of methoxy groups -OCH3 is 1. The molecule has 48 valence electrons. The smallest absolute Gasteiger partial charge is 0.216 e. The topological polar surface area (TPSA) is 30.8 Å². The summed E-state index contributed by atoms with van der Waals surface area (Å²) in [5.41, 5.74) is 0.891. The highest BCUT2D eigenvalue weighted by Gasteiger charge is 1.76. The van der Waals surface area contributed by atoms with Crippen LogP contribution in [0.4, 0.5) is 0 Å². The Balaban J connectivity index is 3.03. The Morgan fingerprint density at radius 1 is 1.50 bits per heavy atom. The summed E-state index contributed by atoms with van der Waals surface area (Å²) in [6, 6.07) is 0. The highest BCUT2D eigenvalue weighted by atomic mass is 16.7. The van der Waals surface area contributed by atoms with Gasteiger partial charge in [-0.3, -0.25) is 0 Å². The van der Waals surface area contributed by atoms with Gasteiger partial charge in [-0.25, -0.2) is 0 Å². The zero-order valence-electron chi connectivity index (χ0n) is 5.47. The summed E-state index contributed by atoms with van der Waals surface area (Å²) >= 11 is 0. The molecule has 0 aromatic heterocycles. The molecule has 0 N–H and O–H groups in total. The minimum Gasteiger partial charge on any atom is -0.367 e. The molecule has 3 heteroatoms. The van der Waals surface area contributed by atoms with E-state index in [-0.39, 0.29) is 6.79 Å². The number of oxime groups is 1. The Bertz CT molecular complexity index is 76.5. The molecule has 0 heterocycles. The molecule has 0 fully saturated rings. The molecule has 0 spiro atoms. The van der Waals surface area contributed by atoms with Gasteiger partial charge in [-0.15, -0.1) is 0 Å². The highest BCUT2D eigenvalue weighted by molar-refractivity contribution is 5.78. The van der Waals surface area contributed by atoms with E-state index in [9.17, 15) is 0 Å². The fourth-order valence-electron chi connectivity index (χ4n) is 0.208. The van der Waals surface area contributed by atoms with Crippen LogP contribution < -0.4 is 0 Å². The Morgan fingerprint density at radius 2 is 2.12 bits per heavy atom. The minimum absolute atomic E-state index is 0.227. The van der Waals surface area contributed by atoms with E-state index in [2.05, 4.69) is 14.7 Å². The van der Waals surface area contributed by atoms with Gasteiger partial charge in [-0.1, -0.05) is 5.16 Å². The number of hydrogen-bond acceptors (Lipinski definition) is 3. The van der Waals surface area contributed by atoms with Gasteiger partial charge >= 0.3 is 0 Å². The average molecular weight is 117 g/mol. The third-order valence-corrected chi connectivity index (χ3v) is 0.418. The molecule has 0 aliphatic rings. The van der Waals surface area contributed by atoms with E-state index in [0.29, 0.717) is 0 Å². The third kappa shape index (κ3) is 5.43. The maximum absolute atomic E-state index is 4.61. The lowest BCUT2D eigenvalue weighted by molar-refractivity contribution is -0.0283. The lowest BCUT2D eigenvalue weighted by atomic mass is 10.5. The summed E-state index contributed by atoms with van der Waals surface area (Å²) in [5.74, 6) is 0. The van der Waals surface area contributed by atoms with E-state index >= 15 is 0 Å². The van der Waals surface area contributed by atoms with Crippen LogP contribution in [0.25, 0.3) is 0 Å². The van der Waals surface area contributed by atoms with Crippen molar-refractivity contribution in [3.8, 4) is 0 Å². The van der Waals surface area contributed by atoms with Crippen LogP contribution in [0.2, 0.25) is 0 Å². The maximum Gasteiger partial charge on any atom is 0.216 e. The van der Waals surface area contributed by atoms with E-state index in [1.165, 1.54) is 0 Å². The predicted octanol–water partition coefficient (Wildman–Crippen LogP) is 1.00. The molecule has 3 nitrogen and oxygen atoms in total. The molecular formula is C5H11NO2. The quantitative estimate of drug-likeness (QED) is 0.239. The molecule has 0 atom stereocenters. The zero-order valence-corrected chi connectivity index (χ0v) is 5.47. The van der Waals surface area contributed by atoms with Gasteiger partial charge in [-0.05, 0) is 13.8 Å². The van der Waals surface area contributed by atoms with Gasteiger partial charge in [0, 0.05) is 7.11 Å². The van der Waals surface area contributed by atoms with Crippen molar-refractivity contribution in [1.82, 2.24) is 0 Å². The van der Waals surface area contributed by atoms with Crippen LogP contribution in [0.1, 0.15) is 13.8 Å². The molecule has 8 heavy (non-hydrogen) atoms. The van der Waals surface area contributed by atoms with E-state index in [4.69, 9.17) is 0 Å².